The van der Waals surface area contributed by atoms with E-state index in [2.05, 4.69) is 50.8 Å². The molecule has 0 spiro atoms. The highest BCUT2D eigenvalue weighted by atomic mass is 14.4. The van der Waals surface area contributed by atoms with Crippen molar-refractivity contribution < 1.29 is 0 Å². The van der Waals surface area contributed by atoms with Gasteiger partial charge in [-0.25, -0.2) is 0 Å². The van der Waals surface area contributed by atoms with Crippen LogP contribution in [0.25, 0.3) is 12.2 Å². The molecule has 0 nitrogen and oxygen atoms in total. The van der Waals surface area contributed by atoms with Crippen molar-refractivity contribution in [1.29, 1.82) is 0 Å². The molecular formula is C15H18. The number of benzene rings is 1. The van der Waals surface area contributed by atoms with Gasteiger partial charge in [-0.3, -0.25) is 0 Å². The highest BCUT2D eigenvalue weighted by molar-refractivity contribution is 5.65. The molecule has 1 aliphatic rings. The zero-order valence-electron chi connectivity index (χ0n) is 9.59. The van der Waals surface area contributed by atoms with E-state index in [-0.39, 0.29) is 0 Å². The van der Waals surface area contributed by atoms with Gasteiger partial charge >= 0.3 is 0 Å². The number of hydrogen-bond acceptors (Lipinski definition) is 0. The van der Waals surface area contributed by atoms with Crippen molar-refractivity contribution in [2.24, 2.45) is 0 Å². The molecule has 2 rings (SSSR count). The highest BCUT2D eigenvalue weighted by Gasteiger charge is 2.38. The average Bonchev–Trinajstić information content (AvgIpc) is 2.98. The monoisotopic (exact) mass is 198 g/mol. The Morgan fingerprint density at radius 1 is 1.27 bits per heavy atom. The van der Waals surface area contributed by atoms with Gasteiger partial charge in [-0.1, -0.05) is 49.9 Å². The lowest BCUT2D eigenvalue weighted by Crippen LogP contribution is -2.00. The minimum absolute atomic E-state index is 0.454. The molecule has 1 aromatic carbocycles. The maximum atomic E-state index is 3.85. The van der Waals surface area contributed by atoms with Gasteiger partial charge in [-0.05, 0) is 41.9 Å². The Bertz CT molecular complexity index is 406. The van der Waals surface area contributed by atoms with E-state index in [1.165, 1.54) is 29.5 Å². The van der Waals surface area contributed by atoms with Crippen LogP contribution in [0.15, 0.2) is 30.9 Å². The van der Waals surface area contributed by atoms with E-state index in [1.807, 2.05) is 6.08 Å². The topological polar surface area (TPSA) is 0 Å². The molecule has 1 aliphatic carbocycles. The van der Waals surface area contributed by atoms with Crippen molar-refractivity contribution in [3.8, 4) is 0 Å². The zero-order chi connectivity index (χ0) is 10.9. The van der Waals surface area contributed by atoms with Crippen molar-refractivity contribution in [1.82, 2.24) is 0 Å². The molecular weight excluding hydrogens is 180 g/mol. The number of rotatable bonds is 3. The normalized spacial score (nSPS) is 18.0. The predicted octanol–water partition coefficient (Wildman–Crippen LogP) is 4.41. The third-order valence-corrected chi connectivity index (χ3v) is 3.35. The standard InChI is InChI=1S/C15H18/c1-4-6-13-11-14(15(3)9-10-15)8-7-12(13)5-2/h4-8,11H,2,9-10H2,1,3H3/b6-4-. The maximum Gasteiger partial charge on any atom is -0.00744 e. The summed E-state index contributed by atoms with van der Waals surface area (Å²) in [4.78, 5) is 0. The van der Waals surface area contributed by atoms with E-state index in [0.717, 1.165) is 0 Å². The summed E-state index contributed by atoms with van der Waals surface area (Å²) < 4.78 is 0. The van der Waals surface area contributed by atoms with Crippen LogP contribution in [0.2, 0.25) is 0 Å². The molecule has 78 valence electrons. The lowest BCUT2D eigenvalue weighted by Gasteiger charge is -2.11. The first-order valence-electron chi connectivity index (χ1n) is 5.59. The molecule has 0 aromatic heterocycles. The molecule has 0 aliphatic heterocycles. The predicted molar refractivity (Wildman–Crippen MR) is 67.8 cm³/mol. The lowest BCUT2D eigenvalue weighted by molar-refractivity contribution is 0.787. The van der Waals surface area contributed by atoms with E-state index < -0.39 is 0 Å². The van der Waals surface area contributed by atoms with Crippen LogP contribution in [0.3, 0.4) is 0 Å². The summed E-state index contributed by atoms with van der Waals surface area (Å²) in [5, 5.41) is 0. The second-order valence-corrected chi connectivity index (χ2v) is 4.61. The van der Waals surface area contributed by atoms with Crippen LogP contribution in [0, 0.1) is 0 Å². The molecule has 0 amide bonds. The van der Waals surface area contributed by atoms with E-state index in [4.69, 9.17) is 0 Å². The second-order valence-electron chi connectivity index (χ2n) is 4.61. The summed E-state index contributed by atoms with van der Waals surface area (Å²) in [7, 11) is 0. The maximum absolute atomic E-state index is 3.85. The summed E-state index contributed by atoms with van der Waals surface area (Å²) in [6.45, 7) is 8.24. The quantitative estimate of drug-likeness (QED) is 0.674. The van der Waals surface area contributed by atoms with Gasteiger partial charge in [-0.2, -0.15) is 0 Å². The molecule has 0 atom stereocenters. The third kappa shape index (κ3) is 1.90. The van der Waals surface area contributed by atoms with Gasteiger partial charge in [0, 0.05) is 0 Å². The van der Waals surface area contributed by atoms with Crippen molar-refractivity contribution in [3.63, 3.8) is 0 Å². The fourth-order valence-corrected chi connectivity index (χ4v) is 1.94. The molecule has 1 saturated carbocycles. The number of allylic oxidation sites excluding steroid dienone is 1. The van der Waals surface area contributed by atoms with E-state index in [1.54, 1.807) is 0 Å². The van der Waals surface area contributed by atoms with Gasteiger partial charge < -0.3 is 0 Å². The van der Waals surface area contributed by atoms with Gasteiger partial charge in [0.25, 0.3) is 0 Å². The minimum atomic E-state index is 0.454. The average molecular weight is 198 g/mol. The third-order valence-electron chi connectivity index (χ3n) is 3.35. The van der Waals surface area contributed by atoms with Gasteiger partial charge in [0.1, 0.15) is 0 Å². The van der Waals surface area contributed by atoms with Crippen molar-refractivity contribution >= 4 is 12.2 Å². The van der Waals surface area contributed by atoms with Crippen molar-refractivity contribution in [2.45, 2.75) is 32.1 Å². The summed E-state index contributed by atoms with van der Waals surface area (Å²) in [6.07, 6.45) is 8.83. The fraction of sp³-hybridized carbons (Fsp3) is 0.333. The Kier molecular flexibility index (Phi) is 2.52. The van der Waals surface area contributed by atoms with Crippen molar-refractivity contribution in [3.05, 3.63) is 47.5 Å². The number of hydrogen-bond donors (Lipinski definition) is 0. The van der Waals surface area contributed by atoms with Crippen LogP contribution < -0.4 is 0 Å². The molecule has 0 saturated heterocycles. The first-order valence-corrected chi connectivity index (χ1v) is 5.59. The van der Waals surface area contributed by atoms with Crippen LogP contribution in [-0.2, 0) is 5.41 Å². The molecule has 0 N–H and O–H groups in total. The molecule has 0 heterocycles. The Morgan fingerprint density at radius 2 is 2.00 bits per heavy atom. The molecule has 0 radical (unpaired) electrons. The SMILES string of the molecule is C=Cc1ccc(C2(C)CC2)cc1/C=C\C. The van der Waals surface area contributed by atoms with Gasteiger partial charge in [-0.15, -0.1) is 0 Å². The fourth-order valence-electron chi connectivity index (χ4n) is 1.94. The second kappa shape index (κ2) is 3.69. The summed E-state index contributed by atoms with van der Waals surface area (Å²) in [6, 6.07) is 6.74. The Morgan fingerprint density at radius 3 is 2.53 bits per heavy atom. The van der Waals surface area contributed by atoms with Gasteiger partial charge in [0.2, 0.25) is 0 Å². The van der Waals surface area contributed by atoms with E-state index >= 15 is 0 Å². The molecule has 0 unspecified atom stereocenters. The van der Waals surface area contributed by atoms with E-state index in [9.17, 15) is 0 Å². The Hall–Kier alpha value is -1.30. The smallest absolute Gasteiger partial charge is 0.00744 e. The minimum Gasteiger partial charge on any atom is -0.0984 e. The highest BCUT2D eigenvalue weighted by Crippen LogP contribution is 2.47. The molecule has 1 aromatic rings. The summed E-state index contributed by atoms with van der Waals surface area (Å²) >= 11 is 0. The Labute approximate surface area is 92.3 Å². The molecule has 0 heteroatoms. The first kappa shape index (κ1) is 10.2. The van der Waals surface area contributed by atoms with Crippen LogP contribution in [-0.4, -0.2) is 0 Å². The molecule has 15 heavy (non-hydrogen) atoms. The van der Waals surface area contributed by atoms with E-state index in [0.29, 0.717) is 5.41 Å². The lowest BCUT2D eigenvalue weighted by atomic mass is 9.94. The van der Waals surface area contributed by atoms with Gasteiger partial charge in [0.05, 0.1) is 0 Å². The summed E-state index contributed by atoms with van der Waals surface area (Å²) in [5.41, 5.74) is 4.44. The largest absolute Gasteiger partial charge is 0.0984 e. The first-order chi connectivity index (χ1) is 7.19. The van der Waals surface area contributed by atoms with Crippen LogP contribution in [0.4, 0.5) is 0 Å². The molecule has 0 bridgehead atoms. The van der Waals surface area contributed by atoms with Crippen LogP contribution >= 0.6 is 0 Å². The molecule has 1 fully saturated rings. The van der Waals surface area contributed by atoms with Crippen molar-refractivity contribution in [2.75, 3.05) is 0 Å². The Balaban J connectivity index is 2.44. The zero-order valence-corrected chi connectivity index (χ0v) is 9.59. The summed E-state index contributed by atoms with van der Waals surface area (Å²) in [5.74, 6) is 0. The van der Waals surface area contributed by atoms with Crippen LogP contribution in [0.1, 0.15) is 43.4 Å². The van der Waals surface area contributed by atoms with Gasteiger partial charge in [0.15, 0.2) is 0 Å². The van der Waals surface area contributed by atoms with Crippen LogP contribution in [0.5, 0.6) is 0 Å².